The summed E-state index contributed by atoms with van der Waals surface area (Å²) in [6, 6.07) is 4.55. The van der Waals surface area contributed by atoms with Crippen LogP contribution in [0.2, 0.25) is 0 Å². The molecule has 1 aromatic rings. The highest BCUT2D eigenvalue weighted by Crippen LogP contribution is 2.27. The van der Waals surface area contributed by atoms with Gasteiger partial charge < -0.3 is 5.11 Å². The zero-order valence-electron chi connectivity index (χ0n) is 6.90. The molecule has 1 unspecified atom stereocenters. The van der Waals surface area contributed by atoms with Crippen molar-refractivity contribution in [2.45, 2.75) is 13.0 Å². The summed E-state index contributed by atoms with van der Waals surface area (Å²) in [6.45, 7) is 1.56. The number of benzene rings is 1. The molecule has 0 aliphatic carbocycles. The first kappa shape index (κ1) is 10.1. The molecule has 1 aromatic carbocycles. The normalized spacial score (nSPS) is 12.5. The third-order valence-corrected chi connectivity index (χ3v) is 2.32. The molecule has 1 atom stereocenters. The van der Waals surface area contributed by atoms with Crippen LogP contribution in [0.15, 0.2) is 22.7 Å². The Labute approximate surface area is 83.5 Å². The van der Waals surface area contributed by atoms with Crippen LogP contribution in [0.25, 0.3) is 0 Å². The number of hydrogen-bond acceptors (Lipinski definition) is 3. The quantitative estimate of drug-likeness (QED) is 0.643. The van der Waals surface area contributed by atoms with E-state index in [0.717, 1.165) is 0 Å². The minimum Gasteiger partial charge on any atom is -0.389 e. The van der Waals surface area contributed by atoms with E-state index in [1.165, 1.54) is 6.07 Å². The number of nitro groups is 1. The van der Waals surface area contributed by atoms with Crippen molar-refractivity contribution >= 4 is 21.6 Å². The van der Waals surface area contributed by atoms with Gasteiger partial charge in [-0.25, -0.2) is 0 Å². The van der Waals surface area contributed by atoms with Crippen LogP contribution in [-0.4, -0.2) is 10.0 Å². The van der Waals surface area contributed by atoms with E-state index in [1.54, 1.807) is 19.1 Å². The Balaban J connectivity index is 3.19. The fourth-order valence-corrected chi connectivity index (χ4v) is 1.32. The Morgan fingerprint density at radius 3 is 2.69 bits per heavy atom. The van der Waals surface area contributed by atoms with Gasteiger partial charge in [-0.1, -0.05) is 6.07 Å². The van der Waals surface area contributed by atoms with E-state index >= 15 is 0 Å². The Bertz CT molecular complexity index is 338. The highest BCUT2D eigenvalue weighted by Gasteiger charge is 2.13. The first-order valence-corrected chi connectivity index (χ1v) is 4.43. The first-order valence-electron chi connectivity index (χ1n) is 3.64. The van der Waals surface area contributed by atoms with Gasteiger partial charge in [0, 0.05) is 6.07 Å². The lowest BCUT2D eigenvalue weighted by Gasteiger charge is -2.04. The van der Waals surface area contributed by atoms with Gasteiger partial charge in [0.15, 0.2) is 0 Å². The van der Waals surface area contributed by atoms with Gasteiger partial charge in [-0.3, -0.25) is 10.1 Å². The van der Waals surface area contributed by atoms with Crippen molar-refractivity contribution in [2.75, 3.05) is 0 Å². The fraction of sp³-hybridized carbons (Fsp3) is 0.250. The average molecular weight is 246 g/mol. The molecular weight excluding hydrogens is 238 g/mol. The molecule has 0 heterocycles. The zero-order valence-corrected chi connectivity index (χ0v) is 8.48. The van der Waals surface area contributed by atoms with Crippen LogP contribution < -0.4 is 0 Å². The molecule has 1 rings (SSSR count). The third kappa shape index (κ3) is 2.26. The van der Waals surface area contributed by atoms with Gasteiger partial charge in [0.05, 0.1) is 15.5 Å². The Hall–Kier alpha value is -0.940. The van der Waals surface area contributed by atoms with Crippen molar-refractivity contribution in [3.63, 3.8) is 0 Å². The van der Waals surface area contributed by atoms with E-state index in [1.807, 2.05) is 0 Å². The summed E-state index contributed by atoms with van der Waals surface area (Å²) in [6.07, 6.45) is -0.688. The van der Waals surface area contributed by atoms with E-state index < -0.39 is 11.0 Å². The van der Waals surface area contributed by atoms with Crippen LogP contribution in [0.5, 0.6) is 0 Å². The predicted octanol–water partition coefficient (Wildman–Crippen LogP) is 2.41. The number of nitro benzene ring substituents is 1. The minimum atomic E-state index is -0.688. The predicted molar refractivity (Wildman–Crippen MR) is 51.4 cm³/mol. The highest BCUT2D eigenvalue weighted by molar-refractivity contribution is 9.10. The van der Waals surface area contributed by atoms with Gasteiger partial charge in [0.25, 0.3) is 5.69 Å². The zero-order chi connectivity index (χ0) is 10.0. The summed E-state index contributed by atoms with van der Waals surface area (Å²) in [5.74, 6) is 0. The van der Waals surface area contributed by atoms with E-state index in [4.69, 9.17) is 0 Å². The second kappa shape index (κ2) is 3.85. The number of nitrogens with zero attached hydrogens (tertiary/aromatic N) is 1. The summed E-state index contributed by atoms with van der Waals surface area (Å²) in [5.41, 5.74) is 0.508. The lowest BCUT2D eigenvalue weighted by molar-refractivity contribution is -0.385. The van der Waals surface area contributed by atoms with Gasteiger partial charge >= 0.3 is 0 Å². The lowest BCUT2D eigenvalue weighted by atomic mass is 10.1. The lowest BCUT2D eigenvalue weighted by Crippen LogP contribution is -1.95. The molecular formula is C8H8BrNO3. The maximum absolute atomic E-state index is 10.5. The second-order valence-electron chi connectivity index (χ2n) is 2.64. The summed E-state index contributed by atoms with van der Waals surface area (Å²) in [4.78, 5) is 10.0. The summed E-state index contributed by atoms with van der Waals surface area (Å²) in [5, 5.41) is 19.7. The van der Waals surface area contributed by atoms with Gasteiger partial charge in [-0.15, -0.1) is 0 Å². The van der Waals surface area contributed by atoms with Crippen LogP contribution in [0, 0.1) is 10.1 Å². The maximum Gasteiger partial charge on any atom is 0.283 e. The molecule has 70 valence electrons. The molecule has 0 fully saturated rings. The van der Waals surface area contributed by atoms with Crippen LogP contribution >= 0.6 is 15.9 Å². The standard InChI is InChI=1S/C8H8BrNO3/c1-5(11)6-2-3-7(9)8(4-6)10(12)13/h2-5,11H,1H3. The van der Waals surface area contributed by atoms with Crippen LogP contribution in [-0.2, 0) is 0 Å². The van der Waals surface area contributed by atoms with Crippen molar-refractivity contribution in [1.82, 2.24) is 0 Å². The maximum atomic E-state index is 10.5. The minimum absolute atomic E-state index is 0.0293. The van der Waals surface area contributed by atoms with E-state index in [0.29, 0.717) is 10.0 Å². The summed E-state index contributed by atoms with van der Waals surface area (Å²) >= 11 is 3.06. The van der Waals surface area contributed by atoms with E-state index in [9.17, 15) is 15.2 Å². The number of halogens is 1. The number of aliphatic hydroxyl groups is 1. The third-order valence-electron chi connectivity index (χ3n) is 1.65. The molecule has 0 amide bonds. The summed E-state index contributed by atoms with van der Waals surface area (Å²) in [7, 11) is 0. The van der Waals surface area contributed by atoms with Crippen molar-refractivity contribution in [3.05, 3.63) is 38.3 Å². The molecule has 0 aliphatic rings. The number of aliphatic hydroxyl groups excluding tert-OH is 1. The molecule has 0 saturated carbocycles. The topological polar surface area (TPSA) is 63.4 Å². The Morgan fingerprint density at radius 1 is 1.62 bits per heavy atom. The van der Waals surface area contributed by atoms with Gasteiger partial charge in [0.1, 0.15) is 0 Å². The number of rotatable bonds is 2. The largest absolute Gasteiger partial charge is 0.389 e. The Kier molecular flexibility index (Phi) is 3.00. The first-order chi connectivity index (χ1) is 6.02. The van der Waals surface area contributed by atoms with Gasteiger partial charge in [0.2, 0.25) is 0 Å². The van der Waals surface area contributed by atoms with Crippen LogP contribution in [0.1, 0.15) is 18.6 Å². The van der Waals surface area contributed by atoms with Crippen molar-refractivity contribution in [2.24, 2.45) is 0 Å². The van der Waals surface area contributed by atoms with Gasteiger partial charge in [-0.05, 0) is 34.5 Å². The monoisotopic (exact) mass is 245 g/mol. The molecule has 1 N–H and O–H groups in total. The Morgan fingerprint density at radius 2 is 2.23 bits per heavy atom. The highest BCUT2D eigenvalue weighted by atomic mass is 79.9. The molecule has 5 heteroatoms. The number of hydrogen-bond donors (Lipinski definition) is 1. The van der Waals surface area contributed by atoms with E-state index in [-0.39, 0.29) is 5.69 Å². The smallest absolute Gasteiger partial charge is 0.283 e. The molecule has 0 saturated heterocycles. The summed E-state index contributed by atoms with van der Waals surface area (Å²) < 4.78 is 0.418. The molecule has 0 radical (unpaired) electrons. The van der Waals surface area contributed by atoms with E-state index in [2.05, 4.69) is 15.9 Å². The van der Waals surface area contributed by atoms with Crippen molar-refractivity contribution in [3.8, 4) is 0 Å². The van der Waals surface area contributed by atoms with Crippen molar-refractivity contribution in [1.29, 1.82) is 0 Å². The molecule has 0 bridgehead atoms. The SMILES string of the molecule is CC(O)c1ccc(Br)c([N+](=O)[O-])c1. The molecule has 4 nitrogen and oxygen atoms in total. The second-order valence-corrected chi connectivity index (χ2v) is 3.50. The van der Waals surface area contributed by atoms with Crippen LogP contribution in [0.4, 0.5) is 5.69 Å². The van der Waals surface area contributed by atoms with Crippen molar-refractivity contribution < 1.29 is 10.0 Å². The average Bonchev–Trinajstić information content (AvgIpc) is 2.04. The molecule has 13 heavy (non-hydrogen) atoms. The fourth-order valence-electron chi connectivity index (χ4n) is 0.929. The molecule has 0 aromatic heterocycles. The van der Waals surface area contributed by atoms with Crippen LogP contribution in [0.3, 0.4) is 0 Å². The van der Waals surface area contributed by atoms with Gasteiger partial charge in [-0.2, -0.15) is 0 Å². The molecule has 0 spiro atoms. The molecule has 0 aliphatic heterocycles.